The van der Waals surface area contributed by atoms with Crippen molar-refractivity contribution in [3.05, 3.63) is 28.2 Å². The van der Waals surface area contributed by atoms with Crippen molar-refractivity contribution in [2.45, 2.75) is 45.6 Å². The molecule has 0 heterocycles. The molecule has 1 rings (SSSR count). The number of hydrogen-bond acceptors (Lipinski definition) is 2. The lowest BCUT2D eigenvalue weighted by molar-refractivity contribution is 0.0636. The van der Waals surface area contributed by atoms with Gasteiger partial charge >= 0.3 is 6.09 Å². The summed E-state index contributed by atoms with van der Waals surface area (Å²) in [4.78, 5) is 11.8. The van der Waals surface area contributed by atoms with Gasteiger partial charge in [0.1, 0.15) is 5.60 Å². The molecule has 3 nitrogen and oxygen atoms in total. The molecular formula is C16H20BrNO2. The van der Waals surface area contributed by atoms with Gasteiger partial charge in [-0.05, 0) is 68.2 Å². The highest BCUT2D eigenvalue weighted by Crippen LogP contribution is 2.30. The van der Waals surface area contributed by atoms with E-state index >= 15 is 0 Å². The van der Waals surface area contributed by atoms with Gasteiger partial charge in [0.25, 0.3) is 0 Å². The Labute approximate surface area is 129 Å². The third-order valence-corrected chi connectivity index (χ3v) is 3.38. The van der Waals surface area contributed by atoms with Crippen molar-refractivity contribution in [1.29, 1.82) is 0 Å². The lowest BCUT2D eigenvalue weighted by Gasteiger charge is -2.22. The van der Waals surface area contributed by atoms with Gasteiger partial charge < -0.3 is 4.74 Å². The van der Waals surface area contributed by atoms with Crippen LogP contribution < -0.4 is 5.32 Å². The molecule has 20 heavy (non-hydrogen) atoms. The number of benzene rings is 1. The van der Waals surface area contributed by atoms with E-state index in [0.29, 0.717) is 5.69 Å². The van der Waals surface area contributed by atoms with E-state index in [1.165, 1.54) is 0 Å². The third-order valence-electron chi connectivity index (χ3n) is 2.68. The lowest BCUT2D eigenvalue weighted by Crippen LogP contribution is -2.27. The van der Waals surface area contributed by atoms with E-state index in [-0.39, 0.29) is 0 Å². The molecule has 0 atom stereocenters. The number of carbonyl (C=O) groups is 1. The third kappa shape index (κ3) is 4.57. The smallest absolute Gasteiger partial charge is 0.412 e. The quantitative estimate of drug-likeness (QED) is 0.794. The molecule has 1 amide bonds. The Morgan fingerprint density at radius 3 is 2.40 bits per heavy atom. The van der Waals surface area contributed by atoms with Crippen molar-refractivity contribution >= 4 is 27.7 Å². The molecule has 0 radical (unpaired) electrons. The van der Waals surface area contributed by atoms with Crippen LogP contribution in [-0.4, -0.2) is 11.7 Å². The van der Waals surface area contributed by atoms with Crippen LogP contribution in [0.4, 0.5) is 10.5 Å². The largest absolute Gasteiger partial charge is 0.444 e. The highest BCUT2D eigenvalue weighted by Gasteiger charge is 2.20. The van der Waals surface area contributed by atoms with Crippen LogP contribution in [0.15, 0.2) is 22.7 Å². The summed E-state index contributed by atoms with van der Waals surface area (Å²) in [5.41, 5.74) is 0.659. The van der Waals surface area contributed by atoms with Gasteiger partial charge in [0.05, 0.1) is 11.1 Å². The summed E-state index contributed by atoms with van der Waals surface area (Å²) in [6.07, 6.45) is 5.05. The van der Waals surface area contributed by atoms with Gasteiger partial charge in [-0.1, -0.05) is 12.0 Å². The van der Waals surface area contributed by atoms with E-state index < -0.39 is 17.1 Å². The Bertz CT molecular complexity index is 551. The van der Waals surface area contributed by atoms with Crippen LogP contribution in [0.5, 0.6) is 0 Å². The van der Waals surface area contributed by atoms with E-state index in [4.69, 9.17) is 11.2 Å². The number of amides is 1. The summed E-state index contributed by atoms with van der Waals surface area (Å²) < 4.78 is 6.01. The molecule has 0 aliphatic rings. The highest BCUT2D eigenvalue weighted by atomic mass is 79.9. The summed E-state index contributed by atoms with van der Waals surface area (Å²) in [6.45, 7) is 9.36. The summed E-state index contributed by atoms with van der Waals surface area (Å²) in [5.74, 6) is 2.74. The van der Waals surface area contributed by atoms with E-state index in [0.717, 1.165) is 10.0 Å². The van der Waals surface area contributed by atoms with Gasteiger partial charge in [-0.25, -0.2) is 4.79 Å². The van der Waals surface area contributed by atoms with Crippen LogP contribution in [0.25, 0.3) is 0 Å². The number of rotatable bonds is 2. The van der Waals surface area contributed by atoms with Gasteiger partial charge in [-0.2, -0.15) is 0 Å². The average molecular weight is 338 g/mol. The van der Waals surface area contributed by atoms with Crippen molar-refractivity contribution in [3.8, 4) is 12.3 Å². The predicted octanol–water partition coefficient (Wildman–Crippen LogP) is 4.71. The zero-order valence-electron chi connectivity index (χ0n) is 12.5. The molecule has 0 bridgehead atoms. The minimum Gasteiger partial charge on any atom is -0.444 e. The molecule has 1 N–H and O–H groups in total. The Kier molecular flexibility index (Phi) is 4.88. The number of hydrogen-bond donors (Lipinski definition) is 1. The molecule has 0 aromatic heterocycles. The minimum atomic E-state index is -0.535. The average Bonchev–Trinajstić information content (AvgIpc) is 2.29. The van der Waals surface area contributed by atoms with E-state index in [1.807, 2.05) is 52.8 Å². The van der Waals surface area contributed by atoms with Crippen LogP contribution in [0.3, 0.4) is 0 Å². The zero-order chi connectivity index (χ0) is 15.6. The first-order valence-electron chi connectivity index (χ1n) is 6.33. The van der Waals surface area contributed by atoms with Gasteiger partial charge in [0.2, 0.25) is 0 Å². The summed E-state index contributed by atoms with van der Waals surface area (Å²) in [6, 6.07) is 5.65. The second-order valence-corrected chi connectivity index (χ2v) is 6.95. The lowest BCUT2D eigenvalue weighted by atomic mass is 9.85. The van der Waals surface area contributed by atoms with Gasteiger partial charge in [-0.3, -0.25) is 5.32 Å². The molecular weight excluding hydrogens is 318 g/mol. The van der Waals surface area contributed by atoms with Gasteiger partial charge in [0.15, 0.2) is 0 Å². The topological polar surface area (TPSA) is 38.3 Å². The number of anilines is 1. The molecule has 1 aromatic carbocycles. The van der Waals surface area contributed by atoms with Crippen molar-refractivity contribution in [2.75, 3.05) is 5.32 Å². The number of carbonyl (C=O) groups excluding carboxylic acids is 1. The van der Waals surface area contributed by atoms with Crippen molar-refractivity contribution in [1.82, 2.24) is 0 Å². The molecule has 108 valence electrons. The second kappa shape index (κ2) is 5.88. The van der Waals surface area contributed by atoms with Crippen molar-refractivity contribution < 1.29 is 9.53 Å². The maximum atomic E-state index is 11.8. The Hall–Kier alpha value is -1.47. The maximum absolute atomic E-state index is 11.8. The maximum Gasteiger partial charge on any atom is 0.412 e. The number of halogens is 1. The standard InChI is InChI=1S/C16H20BrNO2/c1-7-16(5,6)11-8-9-12(17)13(10-11)18-14(19)20-15(2,3)4/h1,8-10H,2-6H3,(H,18,19). The van der Waals surface area contributed by atoms with Crippen LogP contribution in [0.1, 0.15) is 40.2 Å². The van der Waals surface area contributed by atoms with Gasteiger partial charge in [0, 0.05) is 4.47 Å². The predicted molar refractivity (Wildman–Crippen MR) is 85.9 cm³/mol. The summed E-state index contributed by atoms with van der Waals surface area (Å²) in [7, 11) is 0. The molecule has 0 spiro atoms. The summed E-state index contributed by atoms with van der Waals surface area (Å²) in [5, 5.41) is 2.73. The fourth-order valence-electron chi connectivity index (χ4n) is 1.51. The van der Waals surface area contributed by atoms with Crippen LogP contribution in [0.2, 0.25) is 0 Å². The molecule has 0 unspecified atom stereocenters. The molecule has 0 aliphatic heterocycles. The monoisotopic (exact) mass is 337 g/mol. The number of terminal acetylenes is 1. The molecule has 4 heteroatoms. The van der Waals surface area contributed by atoms with E-state index in [1.54, 1.807) is 0 Å². The molecule has 0 aliphatic carbocycles. The fraction of sp³-hybridized carbons (Fsp3) is 0.438. The molecule has 0 saturated heterocycles. The van der Waals surface area contributed by atoms with Crippen LogP contribution in [-0.2, 0) is 10.2 Å². The summed E-state index contributed by atoms with van der Waals surface area (Å²) >= 11 is 3.41. The Morgan fingerprint density at radius 1 is 1.30 bits per heavy atom. The first kappa shape index (κ1) is 16.6. The van der Waals surface area contributed by atoms with E-state index in [2.05, 4.69) is 27.2 Å². The van der Waals surface area contributed by atoms with Crippen molar-refractivity contribution in [2.24, 2.45) is 0 Å². The second-order valence-electron chi connectivity index (χ2n) is 6.09. The minimum absolute atomic E-state index is 0.398. The van der Waals surface area contributed by atoms with Gasteiger partial charge in [-0.15, -0.1) is 6.42 Å². The zero-order valence-corrected chi connectivity index (χ0v) is 14.1. The fourth-order valence-corrected chi connectivity index (χ4v) is 1.85. The highest BCUT2D eigenvalue weighted by molar-refractivity contribution is 9.10. The van der Waals surface area contributed by atoms with E-state index in [9.17, 15) is 4.79 Å². The first-order valence-corrected chi connectivity index (χ1v) is 7.12. The van der Waals surface area contributed by atoms with Crippen molar-refractivity contribution in [3.63, 3.8) is 0 Å². The SMILES string of the molecule is C#CC(C)(C)c1ccc(Br)c(NC(=O)OC(C)(C)C)c1. The van der Waals surface area contributed by atoms with Crippen LogP contribution in [0, 0.1) is 12.3 Å². The number of ether oxygens (including phenoxy) is 1. The Morgan fingerprint density at radius 2 is 1.90 bits per heavy atom. The molecule has 1 aromatic rings. The molecule has 0 fully saturated rings. The Balaban J connectivity index is 2.99. The molecule has 0 saturated carbocycles. The normalized spacial score (nSPS) is 11.7. The number of nitrogens with one attached hydrogen (secondary N) is 1. The van der Waals surface area contributed by atoms with Crippen LogP contribution >= 0.6 is 15.9 Å². The first-order chi connectivity index (χ1) is 9.05.